The summed E-state index contributed by atoms with van der Waals surface area (Å²) in [4.78, 5) is 0. The zero-order valence-electron chi connectivity index (χ0n) is 15.4. The van der Waals surface area contributed by atoms with Crippen molar-refractivity contribution in [2.75, 3.05) is 26.3 Å². The quantitative estimate of drug-likeness (QED) is 0.501. The van der Waals surface area contributed by atoms with Crippen LogP contribution in [0.15, 0.2) is 0 Å². The monoisotopic (exact) mass is 400 g/mol. The maximum absolute atomic E-state index is 5.61. The number of nitrogens with one attached hydrogen (secondary N) is 4. The Morgan fingerprint density at radius 1 is 0.692 bits per heavy atom. The summed E-state index contributed by atoms with van der Waals surface area (Å²) in [5.41, 5.74) is 0. The van der Waals surface area contributed by atoms with Crippen molar-refractivity contribution in [1.29, 1.82) is 0 Å². The smallest absolute Gasteiger partial charge is 0.166 e. The van der Waals surface area contributed by atoms with Gasteiger partial charge in [-0.3, -0.25) is 0 Å². The Hall–Kier alpha value is -0.700. The third-order valence-corrected chi connectivity index (χ3v) is 5.95. The van der Waals surface area contributed by atoms with Gasteiger partial charge in [0.2, 0.25) is 0 Å². The van der Waals surface area contributed by atoms with E-state index in [9.17, 15) is 0 Å². The number of ether oxygens (including phenoxy) is 2. The highest BCUT2D eigenvalue weighted by Crippen LogP contribution is 2.19. The van der Waals surface area contributed by atoms with Crippen LogP contribution in [0.5, 0.6) is 0 Å². The standard InChI is InChI=1S/C18H32N4O2S2/c25-17(19-11-15-3-1-9-23-15)21-13-5-7-14(8-6-13)22-18(26)20-12-16-4-2-10-24-16/h13-16H,1-12H2,(H2,19,21,25)(H2,20,22,26). The van der Waals surface area contributed by atoms with Crippen LogP contribution in [0.2, 0.25) is 0 Å². The molecule has 3 rings (SSSR count). The van der Waals surface area contributed by atoms with Crippen molar-refractivity contribution in [3.05, 3.63) is 0 Å². The molecule has 2 aliphatic heterocycles. The lowest BCUT2D eigenvalue weighted by Crippen LogP contribution is -2.49. The van der Waals surface area contributed by atoms with Crippen molar-refractivity contribution < 1.29 is 9.47 Å². The summed E-state index contributed by atoms with van der Waals surface area (Å²) < 4.78 is 11.2. The first-order valence-corrected chi connectivity index (χ1v) is 10.8. The third-order valence-electron chi connectivity index (χ3n) is 5.43. The molecule has 0 bridgehead atoms. The molecule has 0 radical (unpaired) electrons. The van der Waals surface area contributed by atoms with E-state index in [0.717, 1.165) is 87.9 Å². The maximum Gasteiger partial charge on any atom is 0.166 e. The minimum absolute atomic E-state index is 0.317. The molecule has 3 aliphatic rings. The zero-order valence-corrected chi connectivity index (χ0v) is 17.1. The summed E-state index contributed by atoms with van der Waals surface area (Å²) in [6.45, 7) is 3.39. The molecule has 6 nitrogen and oxygen atoms in total. The number of rotatable bonds is 6. The van der Waals surface area contributed by atoms with Gasteiger partial charge in [0.15, 0.2) is 10.2 Å². The topological polar surface area (TPSA) is 66.6 Å². The summed E-state index contributed by atoms with van der Waals surface area (Å²) in [5, 5.41) is 15.0. The lowest BCUT2D eigenvalue weighted by atomic mass is 9.91. The highest BCUT2D eigenvalue weighted by atomic mass is 32.1. The Morgan fingerprint density at radius 2 is 1.12 bits per heavy atom. The fraction of sp³-hybridized carbons (Fsp3) is 0.889. The summed E-state index contributed by atoms with van der Waals surface area (Å²) >= 11 is 10.8. The van der Waals surface area contributed by atoms with Crippen LogP contribution in [0.3, 0.4) is 0 Å². The summed E-state index contributed by atoms with van der Waals surface area (Å²) in [6.07, 6.45) is 9.64. The van der Waals surface area contributed by atoms with Gasteiger partial charge in [0.1, 0.15) is 0 Å². The second-order valence-electron chi connectivity index (χ2n) is 7.53. The molecule has 2 saturated heterocycles. The van der Waals surface area contributed by atoms with Crippen LogP contribution < -0.4 is 21.3 Å². The molecular weight excluding hydrogens is 368 g/mol. The lowest BCUT2D eigenvalue weighted by Gasteiger charge is -2.31. The Labute approximate surface area is 167 Å². The second kappa shape index (κ2) is 10.6. The van der Waals surface area contributed by atoms with Crippen molar-refractivity contribution in [2.24, 2.45) is 0 Å². The molecule has 2 atom stereocenters. The predicted octanol–water partition coefficient (Wildman–Crippen LogP) is 1.58. The van der Waals surface area contributed by atoms with Crippen molar-refractivity contribution >= 4 is 34.7 Å². The van der Waals surface area contributed by atoms with Gasteiger partial charge >= 0.3 is 0 Å². The average Bonchev–Trinajstić information content (AvgIpc) is 3.34. The zero-order chi connectivity index (χ0) is 18.2. The molecule has 1 aliphatic carbocycles. The summed E-state index contributed by atoms with van der Waals surface area (Å²) in [7, 11) is 0. The first-order valence-electron chi connectivity index (χ1n) is 10.0. The molecule has 148 valence electrons. The Balaban J connectivity index is 1.24. The number of thiocarbonyl (C=S) groups is 2. The third kappa shape index (κ3) is 6.79. The second-order valence-corrected chi connectivity index (χ2v) is 8.34. The molecule has 0 amide bonds. The van der Waals surface area contributed by atoms with Gasteiger partial charge in [-0.25, -0.2) is 0 Å². The van der Waals surface area contributed by atoms with Gasteiger partial charge in [0, 0.05) is 38.4 Å². The molecular formula is C18H32N4O2S2. The van der Waals surface area contributed by atoms with Crippen molar-refractivity contribution in [3.8, 4) is 0 Å². The van der Waals surface area contributed by atoms with Gasteiger partial charge in [0.25, 0.3) is 0 Å². The normalized spacial score (nSPS) is 31.4. The van der Waals surface area contributed by atoms with Crippen LogP contribution >= 0.6 is 24.4 Å². The highest BCUT2D eigenvalue weighted by Gasteiger charge is 2.23. The Morgan fingerprint density at radius 3 is 1.46 bits per heavy atom. The van der Waals surface area contributed by atoms with Gasteiger partial charge in [-0.2, -0.15) is 0 Å². The van der Waals surface area contributed by atoms with Gasteiger partial charge in [-0.05, 0) is 75.8 Å². The largest absolute Gasteiger partial charge is 0.376 e. The molecule has 0 aromatic rings. The molecule has 3 fully saturated rings. The van der Waals surface area contributed by atoms with Crippen molar-refractivity contribution in [1.82, 2.24) is 21.3 Å². The van der Waals surface area contributed by atoms with E-state index in [1.54, 1.807) is 0 Å². The van der Waals surface area contributed by atoms with E-state index in [0.29, 0.717) is 24.3 Å². The first-order chi connectivity index (χ1) is 12.7. The first kappa shape index (κ1) is 20.0. The van der Waals surface area contributed by atoms with Gasteiger partial charge in [-0.15, -0.1) is 0 Å². The average molecular weight is 401 g/mol. The van der Waals surface area contributed by atoms with E-state index in [2.05, 4.69) is 21.3 Å². The highest BCUT2D eigenvalue weighted by molar-refractivity contribution is 7.80. The van der Waals surface area contributed by atoms with Crippen LogP contribution in [0, 0.1) is 0 Å². The van der Waals surface area contributed by atoms with Crippen LogP contribution in [-0.4, -0.2) is 60.8 Å². The number of hydrogen-bond donors (Lipinski definition) is 4. The summed E-state index contributed by atoms with van der Waals surface area (Å²) in [5.74, 6) is 0. The molecule has 4 N–H and O–H groups in total. The molecule has 2 heterocycles. The van der Waals surface area contributed by atoms with E-state index in [4.69, 9.17) is 33.9 Å². The van der Waals surface area contributed by atoms with Gasteiger partial charge < -0.3 is 30.7 Å². The van der Waals surface area contributed by atoms with Crippen molar-refractivity contribution in [2.45, 2.75) is 75.7 Å². The number of hydrogen-bond acceptors (Lipinski definition) is 4. The van der Waals surface area contributed by atoms with Crippen molar-refractivity contribution in [3.63, 3.8) is 0 Å². The summed E-state index contributed by atoms with van der Waals surface area (Å²) in [6, 6.07) is 0.900. The fourth-order valence-corrected chi connectivity index (χ4v) is 4.38. The minimum atomic E-state index is 0.317. The van der Waals surface area contributed by atoms with Gasteiger partial charge in [-0.1, -0.05) is 0 Å². The van der Waals surface area contributed by atoms with Crippen LogP contribution in [0.4, 0.5) is 0 Å². The minimum Gasteiger partial charge on any atom is -0.376 e. The Kier molecular flexibility index (Phi) is 8.16. The fourth-order valence-electron chi connectivity index (χ4n) is 3.88. The van der Waals surface area contributed by atoms with Crippen LogP contribution in [0.25, 0.3) is 0 Å². The van der Waals surface area contributed by atoms with Crippen LogP contribution in [-0.2, 0) is 9.47 Å². The van der Waals surface area contributed by atoms with Gasteiger partial charge in [0.05, 0.1) is 12.2 Å². The molecule has 0 aromatic heterocycles. The van der Waals surface area contributed by atoms with E-state index >= 15 is 0 Å². The Bertz CT molecular complexity index is 418. The molecule has 26 heavy (non-hydrogen) atoms. The van der Waals surface area contributed by atoms with E-state index in [-0.39, 0.29) is 0 Å². The van der Waals surface area contributed by atoms with E-state index in [1.807, 2.05) is 0 Å². The molecule has 0 spiro atoms. The van der Waals surface area contributed by atoms with E-state index in [1.165, 1.54) is 0 Å². The van der Waals surface area contributed by atoms with E-state index < -0.39 is 0 Å². The molecule has 0 aromatic carbocycles. The lowest BCUT2D eigenvalue weighted by molar-refractivity contribution is 0.113. The predicted molar refractivity (Wildman–Crippen MR) is 111 cm³/mol. The molecule has 2 unspecified atom stereocenters. The maximum atomic E-state index is 5.61. The molecule has 1 saturated carbocycles. The SMILES string of the molecule is S=C(NCC1CCCO1)NC1CCC(NC(=S)NCC2CCCO2)CC1. The molecule has 8 heteroatoms. The van der Waals surface area contributed by atoms with Crippen LogP contribution in [0.1, 0.15) is 51.4 Å².